The second-order valence-electron chi connectivity index (χ2n) is 5.25. The van der Waals surface area contributed by atoms with Crippen molar-refractivity contribution < 1.29 is 17.9 Å². The predicted octanol–water partition coefficient (Wildman–Crippen LogP) is 2.32. The van der Waals surface area contributed by atoms with E-state index in [9.17, 15) is 13.2 Å². The number of halogens is 3. The zero-order chi connectivity index (χ0) is 12.9. The van der Waals surface area contributed by atoms with Gasteiger partial charge in [-0.15, -0.1) is 0 Å². The first kappa shape index (κ1) is 12.6. The number of ether oxygens (including phenoxy) is 1. The number of nitrogens with zero attached hydrogens (tertiary/aromatic N) is 1. The van der Waals surface area contributed by atoms with Crippen molar-refractivity contribution in [3.05, 3.63) is 0 Å². The molecule has 102 valence electrons. The molecule has 2 saturated heterocycles. The Balaban J connectivity index is 1.72. The van der Waals surface area contributed by atoms with Gasteiger partial charge in [-0.25, -0.2) is 4.99 Å². The smallest absolute Gasteiger partial charge is 0.381 e. The normalized spacial score (nSPS) is 31.6. The quantitative estimate of drug-likeness (QED) is 0.800. The van der Waals surface area contributed by atoms with Crippen molar-refractivity contribution in [2.75, 3.05) is 19.0 Å². The van der Waals surface area contributed by atoms with Gasteiger partial charge in [0.25, 0.3) is 0 Å². The average Bonchev–Trinajstić information content (AvgIpc) is 2.99. The second-order valence-corrected chi connectivity index (χ2v) is 6.22. The van der Waals surface area contributed by atoms with Crippen molar-refractivity contribution in [3.8, 4) is 0 Å². The number of alkyl halides is 3. The Kier molecular flexibility index (Phi) is 2.82. The molecule has 0 atom stereocenters. The lowest BCUT2D eigenvalue weighted by Gasteiger charge is -2.32. The van der Waals surface area contributed by atoms with E-state index in [1.807, 2.05) is 0 Å². The van der Waals surface area contributed by atoms with Gasteiger partial charge in [0, 0.05) is 19.0 Å². The molecule has 7 heteroatoms. The van der Waals surface area contributed by atoms with Crippen molar-refractivity contribution >= 4 is 16.9 Å². The van der Waals surface area contributed by atoms with E-state index in [2.05, 4.69) is 10.3 Å². The minimum absolute atomic E-state index is 0.0938. The minimum Gasteiger partial charge on any atom is -0.381 e. The standard InChI is InChI=1S/C11H15F3N2OS/c12-11(13,14)10(1-2-10)16-8-15-9(7-18-8)3-5-17-6-4-9/h1-7H2,(H,15,16). The molecular formula is C11H15F3N2OS. The van der Waals surface area contributed by atoms with Crippen LogP contribution >= 0.6 is 11.8 Å². The monoisotopic (exact) mass is 280 g/mol. The van der Waals surface area contributed by atoms with E-state index in [-0.39, 0.29) is 18.4 Å². The predicted molar refractivity (Wildman–Crippen MR) is 63.8 cm³/mol. The SMILES string of the molecule is FC(F)(F)C1(N=C2NC3(CCOCC3)CS2)CC1. The van der Waals surface area contributed by atoms with E-state index in [1.54, 1.807) is 0 Å². The summed E-state index contributed by atoms with van der Waals surface area (Å²) >= 11 is 1.41. The molecule has 0 aromatic carbocycles. The number of thioether (sulfide) groups is 1. The van der Waals surface area contributed by atoms with Gasteiger partial charge in [-0.1, -0.05) is 11.8 Å². The maximum atomic E-state index is 12.8. The molecular weight excluding hydrogens is 265 g/mol. The summed E-state index contributed by atoms with van der Waals surface area (Å²) in [6.07, 6.45) is -2.28. The van der Waals surface area contributed by atoms with Crippen LogP contribution in [0.4, 0.5) is 13.2 Å². The van der Waals surface area contributed by atoms with Crippen LogP contribution in [0.1, 0.15) is 25.7 Å². The molecule has 0 aromatic rings. The maximum absolute atomic E-state index is 12.8. The number of hydrogen-bond acceptors (Lipinski definition) is 3. The van der Waals surface area contributed by atoms with Crippen LogP contribution in [0, 0.1) is 0 Å². The zero-order valence-corrected chi connectivity index (χ0v) is 10.7. The molecule has 3 aliphatic rings. The molecule has 0 radical (unpaired) electrons. The van der Waals surface area contributed by atoms with E-state index in [0.29, 0.717) is 18.4 Å². The molecule has 1 saturated carbocycles. The fourth-order valence-electron chi connectivity index (χ4n) is 2.37. The summed E-state index contributed by atoms with van der Waals surface area (Å²) in [6.45, 7) is 1.34. The summed E-state index contributed by atoms with van der Waals surface area (Å²) in [6, 6.07) is 0. The highest BCUT2D eigenvalue weighted by atomic mass is 32.2. The van der Waals surface area contributed by atoms with Gasteiger partial charge >= 0.3 is 6.18 Å². The van der Waals surface area contributed by atoms with Gasteiger partial charge in [-0.05, 0) is 25.7 Å². The maximum Gasteiger partial charge on any atom is 0.413 e. The number of nitrogens with one attached hydrogen (secondary N) is 1. The summed E-state index contributed by atoms with van der Waals surface area (Å²) in [4.78, 5) is 3.94. The van der Waals surface area contributed by atoms with Crippen molar-refractivity contribution in [1.82, 2.24) is 5.32 Å². The first-order chi connectivity index (χ1) is 8.45. The van der Waals surface area contributed by atoms with Crippen molar-refractivity contribution in [2.24, 2.45) is 4.99 Å². The molecule has 2 heterocycles. The fourth-order valence-corrected chi connectivity index (χ4v) is 3.67. The van der Waals surface area contributed by atoms with E-state index in [0.717, 1.165) is 18.6 Å². The largest absolute Gasteiger partial charge is 0.413 e. The Morgan fingerprint density at radius 1 is 1.17 bits per heavy atom. The summed E-state index contributed by atoms with van der Waals surface area (Å²) < 4.78 is 43.7. The molecule has 0 aromatic heterocycles. The van der Waals surface area contributed by atoms with Crippen LogP contribution in [0.15, 0.2) is 4.99 Å². The summed E-state index contributed by atoms with van der Waals surface area (Å²) in [5.74, 6) is 0.795. The highest BCUT2D eigenvalue weighted by Gasteiger charge is 2.64. The molecule has 3 rings (SSSR count). The molecule has 3 nitrogen and oxygen atoms in total. The molecule has 0 bridgehead atoms. The molecule has 2 aliphatic heterocycles. The van der Waals surface area contributed by atoms with Crippen molar-refractivity contribution in [3.63, 3.8) is 0 Å². The van der Waals surface area contributed by atoms with Crippen LogP contribution in [0.5, 0.6) is 0 Å². The van der Waals surface area contributed by atoms with Crippen LogP contribution in [0.2, 0.25) is 0 Å². The zero-order valence-electron chi connectivity index (χ0n) is 9.85. The van der Waals surface area contributed by atoms with Gasteiger partial charge in [0.05, 0.1) is 5.54 Å². The Bertz CT molecular complexity index is 373. The molecule has 1 aliphatic carbocycles. The Labute approximate surface area is 108 Å². The third-order valence-corrected chi connectivity index (χ3v) is 5.04. The summed E-state index contributed by atoms with van der Waals surface area (Å²) in [5, 5.41) is 3.67. The lowest BCUT2D eigenvalue weighted by Crippen LogP contribution is -2.48. The van der Waals surface area contributed by atoms with E-state index in [4.69, 9.17) is 4.74 Å². The van der Waals surface area contributed by atoms with Gasteiger partial charge in [0.2, 0.25) is 0 Å². The number of hydrogen-bond donors (Lipinski definition) is 1. The topological polar surface area (TPSA) is 33.6 Å². The lowest BCUT2D eigenvalue weighted by molar-refractivity contribution is -0.155. The number of aliphatic imine (C=N–C) groups is 1. The summed E-state index contributed by atoms with van der Waals surface area (Å²) in [7, 11) is 0. The molecule has 0 unspecified atom stereocenters. The Morgan fingerprint density at radius 3 is 2.39 bits per heavy atom. The third-order valence-electron chi connectivity index (χ3n) is 3.87. The van der Waals surface area contributed by atoms with Crippen LogP contribution in [0.25, 0.3) is 0 Å². The van der Waals surface area contributed by atoms with Gasteiger partial charge in [0.1, 0.15) is 0 Å². The second kappa shape index (κ2) is 4.03. The highest BCUT2D eigenvalue weighted by molar-refractivity contribution is 8.14. The number of rotatable bonds is 1. The lowest BCUT2D eigenvalue weighted by atomic mass is 9.93. The highest BCUT2D eigenvalue weighted by Crippen LogP contribution is 2.53. The average molecular weight is 280 g/mol. The Hall–Kier alpha value is -0.430. The van der Waals surface area contributed by atoms with Gasteiger partial charge in [0.15, 0.2) is 10.7 Å². The van der Waals surface area contributed by atoms with E-state index >= 15 is 0 Å². The first-order valence-electron chi connectivity index (χ1n) is 6.10. The van der Waals surface area contributed by atoms with E-state index < -0.39 is 11.7 Å². The molecule has 0 amide bonds. The van der Waals surface area contributed by atoms with Crippen LogP contribution in [0.3, 0.4) is 0 Å². The number of amidine groups is 1. The van der Waals surface area contributed by atoms with Crippen LogP contribution < -0.4 is 5.32 Å². The van der Waals surface area contributed by atoms with Crippen LogP contribution in [-0.2, 0) is 4.74 Å². The minimum atomic E-state index is -4.21. The molecule has 1 spiro atoms. The third kappa shape index (κ3) is 2.11. The van der Waals surface area contributed by atoms with Gasteiger partial charge in [-0.2, -0.15) is 13.2 Å². The van der Waals surface area contributed by atoms with E-state index in [1.165, 1.54) is 11.8 Å². The fraction of sp³-hybridized carbons (Fsp3) is 0.909. The first-order valence-corrected chi connectivity index (χ1v) is 7.09. The molecule has 3 fully saturated rings. The molecule has 18 heavy (non-hydrogen) atoms. The van der Waals surface area contributed by atoms with Crippen molar-refractivity contribution in [1.29, 1.82) is 0 Å². The Morgan fingerprint density at radius 2 is 1.83 bits per heavy atom. The van der Waals surface area contributed by atoms with Crippen LogP contribution in [-0.4, -0.2) is 41.4 Å². The van der Waals surface area contributed by atoms with Crippen molar-refractivity contribution in [2.45, 2.75) is 42.9 Å². The van der Waals surface area contributed by atoms with Gasteiger partial charge < -0.3 is 10.1 Å². The summed E-state index contributed by atoms with van der Waals surface area (Å²) in [5.41, 5.74) is -1.89. The van der Waals surface area contributed by atoms with Gasteiger partial charge in [-0.3, -0.25) is 0 Å². The molecule has 1 N–H and O–H groups in total.